The normalized spacial score (nSPS) is 8.30. The van der Waals surface area contributed by atoms with Crippen molar-refractivity contribution in [3.63, 3.8) is 0 Å². The summed E-state index contributed by atoms with van der Waals surface area (Å²) in [5.41, 5.74) is 0. The van der Waals surface area contributed by atoms with Gasteiger partial charge in [-0.3, -0.25) is 4.79 Å². The van der Waals surface area contributed by atoms with Crippen molar-refractivity contribution >= 4 is 5.91 Å². The number of aliphatic hydroxyl groups is 1. The Labute approximate surface area is 62.7 Å². The van der Waals surface area contributed by atoms with Crippen LogP contribution < -0.4 is 0 Å². The molecular formula is C7H17NO2. The van der Waals surface area contributed by atoms with E-state index >= 15 is 0 Å². The van der Waals surface area contributed by atoms with Gasteiger partial charge in [-0.15, -0.1) is 0 Å². The highest BCUT2D eigenvalue weighted by Crippen LogP contribution is 1.69. The number of amides is 1. The summed E-state index contributed by atoms with van der Waals surface area (Å²) >= 11 is 0. The number of nitrogens with zero attached hydrogens (tertiary/aromatic N) is 1. The van der Waals surface area contributed by atoms with Gasteiger partial charge in [-0.1, -0.05) is 0 Å². The van der Waals surface area contributed by atoms with Gasteiger partial charge in [0.1, 0.15) is 0 Å². The number of carbonyl (C=O) groups excluding carboxylic acids is 1. The van der Waals surface area contributed by atoms with E-state index in [9.17, 15) is 4.79 Å². The van der Waals surface area contributed by atoms with E-state index in [4.69, 9.17) is 5.11 Å². The fraction of sp³-hybridized carbons (Fsp3) is 0.857. The van der Waals surface area contributed by atoms with E-state index in [2.05, 4.69) is 0 Å². The van der Waals surface area contributed by atoms with Gasteiger partial charge in [-0.25, -0.2) is 0 Å². The summed E-state index contributed by atoms with van der Waals surface area (Å²) in [6.45, 7) is 4.97. The first-order valence-electron chi connectivity index (χ1n) is 3.24. The van der Waals surface area contributed by atoms with E-state index in [1.807, 2.05) is 0 Å². The third-order valence-electron chi connectivity index (χ3n) is 0.630. The zero-order chi connectivity index (χ0) is 8.73. The highest BCUT2D eigenvalue weighted by molar-refractivity contribution is 5.72. The smallest absolute Gasteiger partial charge is 0.218 e. The Bertz CT molecular complexity index is 86.9. The van der Waals surface area contributed by atoms with Gasteiger partial charge in [0.15, 0.2) is 0 Å². The number of carbonyl (C=O) groups is 1. The molecule has 0 spiro atoms. The SMILES string of the molecule is CC(=O)N(C)C.CC(C)O. The third-order valence-corrected chi connectivity index (χ3v) is 0.630. The molecule has 0 heterocycles. The van der Waals surface area contributed by atoms with Crippen LogP contribution in [0.15, 0.2) is 0 Å². The molecule has 0 saturated heterocycles. The second-order valence-electron chi connectivity index (χ2n) is 2.51. The maximum Gasteiger partial charge on any atom is 0.218 e. The van der Waals surface area contributed by atoms with E-state index < -0.39 is 0 Å². The summed E-state index contributed by atoms with van der Waals surface area (Å²) in [6.07, 6.45) is -0.167. The molecule has 0 rings (SSSR count). The predicted octanol–water partition coefficient (Wildman–Crippen LogP) is 0.482. The van der Waals surface area contributed by atoms with Crippen LogP contribution in [0.25, 0.3) is 0 Å². The molecule has 0 aliphatic rings. The van der Waals surface area contributed by atoms with Crippen LogP contribution in [0.1, 0.15) is 20.8 Å². The van der Waals surface area contributed by atoms with Gasteiger partial charge in [0.2, 0.25) is 5.91 Å². The monoisotopic (exact) mass is 147 g/mol. The van der Waals surface area contributed by atoms with Crippen molar-refractivity contribution in [3.05, 3.63) is 0 Å². The van der Waals surface area contributed by atoms with Crippen molar-refractivity contribution < 1.29 is 9.90 Å². The van der Waals surface area contributed by atoms with Crippen LogP contribution in [-0.2, 0) is 4.79 Å². The quantitative estimate of drug-likeness (QED) is 0.541. The average Bonchev–Trinajstić information content (AvgIpc) is 1.63. The van der Waals surface area contributed by atoms with Crippen molar-refractivity contribution in [1.82, 2.24) is 4.90 Å². The lowest BCUT2D eigenvalue weighted by atomic mass is 10.5. The summed E-state index contributed by atoms with van der Waals surface area (Å²) in [6, 6.07) is 0. The van der Waals surface area contributed by atoms with E-state index in [-0.39, 0.29) is 12.0 Å². The molecule has 10 heavy (non-hydrogen) atoms. The van der Waals surface area contributed by atoms with Crippen LogP contribution in [-0.4, -0.2) is 36.1 Å². The highest BCUT2D eigenvalue weighted by atomic mass is 16.3. The summed E-state index contributed by atoms with van der Waals surface area (Å²) in [7, 11) is 3.45. The summed E-state index contributed by atoms with van der Waals surface area (Å²) in [5, 5.41) is 8.06. The molecule has 0 saturated carbocycles. The molecule has 0 atom stereocenters. The van der Waals surface area contributed by atoms with Gasteiger partial charge < -0.3 is 10.0 Å². The maximum absolute atomic E-state index is 10.1. The lowest BCUT2D eigenvalue weighted by Crippen LogP contribution is -2.17. The van der Waals surface area contributed by atoms with E-state index in [1.165, 1.54) is 11.8 Å². The fourth-order valence-corrected chi connectivity index (χ4v) is 0. The predicted molar refractivity (Wildman–Crippen MR) is 41.7 cm³/mol. The molecular weight excluding hydrogens is 130 g/mol. The first kappa shape index (κ1) is 12.1. The second-order valence-corrected chi connectivity index (χ2v) is 2.51. The zero-order valence-electron chi connectivity index (χ0n) is 7.38. The molecule has 3 nitrogen and oxygen atoms in total. The Hall–Kier alpha value is -0.570. The molecule has 3 heteroatoms. The molecule has 0 radical (unpaired) electrons. The fourth-order valence-electron chi connectivity index (χ4n) is 0. The molecule has 0 unspecified atom stereocenters. The van der Waals surface area contributed by atoms with Crippen LogP contribution in [0, 0.1) is 0 Å². The lowest BCUT2D eigenvalue weighted by Gasteiger charge is -2.02. The first-order chi connectivity index (χ1) is 4.37. The number of rotatable bonds is 0. The first-order valence-corrected chi connectivity index (χ1v) is 3.24. The summed E-state index contributed by atoms with van der Waals surface area (Å²) in [5.74, 6) is 0.0926. The van der Waals surface area contributed by atoms with Gasteiger partial charge in [0.05, 0.1) is 0 Å². The molecule has 1 amide bonds. The number of hydrogen-bond acceptors (Lipinski definition) is 2. The third kappa shape index (κ3) is 26.1. The standard InChI is InChI=1S/C4H9NO.C3H8O/c1-4(6)5(2)3;1-3(2)4/h1-3H3;3-4H,1-2H3. The lowest BCUT2D eigenvalue weighted by molar-refractivity contribution is -0.126. The van der Waals surface area contributed by atoms with Crippen molar-refractivity contribution in [2.24, 2.45) is 0 Å². The average molecular weight is 147 g/mol. The van der Waals surface area contributed by atoms with Crippen LogP contribution in [0.5, 0.6) is 0 Å². The zero-order valence-corrected chi connectivity index (χ0v) is 7.38. The van der Waals surface area contributed by atoms with Crippen LogP contribution in [0.3, 0.4) is 0 Å². The van der Waals surface area contributed by atoms with E-state index in [0.29, 0.717) is 0 Å². The number of aliphatic hydroxyl groups excluding tert-OH is 1. The minimum atomic E-state index is -0.167. The minimum Gasteiger partial charge on any atom is -0.394 e. The van der Waals surface area contributed by atoms with Gasteiger partial charge in [-0.05, 0) is 13.8 Å². The Kier molecular flexibility index (Phi) is 7.95. The molecule has 0 aromatic rings. The Morgan fingerprint density at radius 2 is 1.50 bits per heavy atom. The molecule has 0 bridgehead atoms. The maximum atomic E-state index is 10.1. The largest absolute Gasteiger partial charge is 0.394 e. The molecule has 0 aliphatic carbocycles. The van der Waals surface area contributed by atoms with Crippen molar-refractivity contribution in [3.8, 4) is 0 Å². The molecule has 0 aromatic heterocycles. The number of hydrogen-bond donors (Lipinski definition) is 1. The van der Waals surface area contributed by atoms with E-state index in [1.54, 1.807) is 27.9 Å². The van der Waals surface area contributed by atoms with E-state index in [0.717, 1.165) is 0 Å². The van der Waals surface area contributed by atoms with Crippen molar-refractivity contribution in [1.29, 1.82) is 0 Å². The Balaban J connectivity index is 0. The molecule has 0 aromatic carbocycles. The molecule has 1 N–H and O–H groups in total. The van der Waals surface area contributed by atoms with Gasteiger partial charge in [0, 0.05) is 27.1 Å². The van der Waals surface area contributed by atoms with Crippen molar-refractivity contribution in [2.75, 3.05) is 14.1 Å². The molecule has 0 fully saturated rings. The summed E-state index contributed by atoms with van der Waals surface area (Å²) in [4.78, 5) is 11.6. The van der Waals surface area contributed by atoms with Crippen molar-refractivity contribution in [2.45, 2.75) is 26.9 Å². The topological polar surface area (TPSA) is 40.5 Å². The molecule has 62 valence electrons. The summed E-state index contributed by atoms with van der Waals surface area (Å²) < 4.78 is 0. The van der Waals surface area contributed by atoms with Gasteiger partial charge >= 0.3 is 0 Å². The minimum absolute atomic E-state index is 0.0926. The van der Waals surface area contributed by atoms with Gasteiger partial charge in [0.25, 0.3) is 0 Å². The second kappa shape index (κ2) is 6.55. The Morgan fingerprint density at radius 1 is 1.40 bits per heavy atom. The Morgan fingerprint density at radius 3 is 1.50 bits per heavy atom. The van der Waals surface area contributed by atoms with Crippen LogP contribution in [0.4, 0.5) is 0 Å². The highest BCUT2D eigenvalue weighted by Gasteiger charge is 1.87. The van der Waals surface area contributed by atoms with Crippen LogP contribution in [0.2, 0.25) is 0 Å². The van der Waals surface area contributed by atoms with Gasteiger partial charge in [-0.2, -0.15) is 0 Å². The van der Waals surface area contributed by atoms with Crippen LogP contribution >= 0.6 is 0 Å². The molecule has 0 aliphatic heterocycles.